The molecule has 1 aromatic carbocycles. The lowest BCUT2D eigenvalue weighted by Gasteiger charge is -2.25. The van der Waals surface area contributed by atoms with Crippen LogP contribution in [0.1, 0.15) is 24.9 Å². The molecule has 82 valence electrons. The van der Waals surface area contributed by atoms with Crippen LogP contribution in [-0.4, -0.2) is 24.0 Å². The first kappa shape index (κ1) is 10.5. The zero-order valence-corrected chi connectivity index (χ0v) is 9.19. The van der Waals surface area contributed by atoms with Crippen molar-refractivity contribution in [3.05, 3.63) is 29.8 Å². The minimum absolute atomic E-state index is 0.258. The van der Waals surface area contributed by atoms with Crippen LogP contribution in [0.4, 0.5) is 5.69 Å². The van der Waals surface area contributed by atoms with E-state index in [1.807, 2.05) is 12.1 Å². The molecule has 0 aliphatic carbocycles. The van der Waals surface area contributed by atoms with E-state index >= 15 is 0 Å². The number of rotatable bonds is 2. The first-order valence-corrected chi connectivity index (χ1v) is 5.57. The fourth-order valence-corrected chi connectivity index (χ4v) is 2.39. The second kappa shape index (κ2) is 4.21. The average Bonchev–Trinajstić information content (AvgIpc) is 2.61. The third kappa shape index (κ3) is 1.98. The highest BCUT2D eigenvalue weighted by molar-refractivity contribution is 5.40. The summed E-state index contributed by atoms with van der Waals surface area (Å²) in [5, 5.41) is 0. The fourth-order valence-electron chi connectivity index (χ4n) is 2.39. The molecule has 3 nitrogen and oxygen atoms in total. The first-order valence-electron chi connectivity index (χ1n) is 5.57. The van der Waals surface area contributed by atoms with Crippen molar-refractivity contribution in [2.24, 2.45) is 5.73 Å². The Morgan fingerprint density at radius 3 is 2.60 bits per heavy atom. The van der Waals surface area contributed by atoms with E-state index in [1.54, 1.807) is 0 Å². The molecule has 0 spiro atoms. The maximum absolute atomic E-state index is 6.14. The van der Waals surface area contributed by atoms with Crippen LogP contribution in [0.5, 0.6) is 0 Å². The fraction of sp³-hybridized carbons (Fsp3) is 0.500. The SMILES string of the molecule is CCN1CCC(N)C1c1ccc(N)cc1. The van der Waals surface area contributed by atoms with Crippen LogP contribution in [0.15, 0.2) is 24.3 Å². The van der Waals surface area contributed by atoms with Gasteiger partial charge in [-0.3, -0.25) is 4.90 Å². The molecule has 4 N–H and O–H groups in total. The Morgan fingerprint density at radius 1 is 1.33 bits per heavy atom. The van der Waals surface area contributed by atoms with Crippen molar-refractivity contribution in [3.8, 4) is 0 Å². The molecule has 2 atom stereocenters. The number of nitrogens with two attached hydrogens (primary N) is 2. The van der Waals surface area contributed by atoms with E-state index in [0.29, 0.717) is 6.04 Å². The maximum atomic E-state index is 6.14. The second-order valence-corrected chi connectivity index (χ2v) is 4.19. The first-order chi connectivity index (χ1) is 7.22. The number of benzene rings is 1. The summed E-state index contributed by atoms with van der Waals surface area (Å²) in [4.78, 5) is 2.43. The Labute approximate surface area is 91.1 Å². The summed E-state index contributed by atoms with van der Waals surface area (Å²) in [6.45, 7) is 4.35. The van der Waals surface area contributed by atoms with Crippen LogP contribution in [0.3, 0.4) is 0 Å². The van der Waals surface area contributed by atoms with Crippen LogP contribution in [0.25, 0.3) is 0 Å². The zero-order chi connectivity index (χ0) is 10.8. The molecule has 1 aliphatic rings. The third-order valence-corrected chi connectivity index (χ3v) is 3.23. The summed E-state index contributed by atoms with van der Waals surface area (Å²) in [5.74, 6) is 0. The topological polar surface area (TPSA) is 55.3 Å². The number of anilines is 1. The molecule has 1 aliphatic heterocycles. The number of nitrogen functional groups attached to an aromatic ring is 1. The Kier molecular flexibility index (Phi) is 2.93. The molecule has 0 saturated carbocycles. The smallest absolute Gasteiger partial charge is 0.0499 e. The standard InChI is InChI=1S/C12H19N3/c1-2-15-8-7-11(14)12(15)9-3-5-10(13)6-4-9/h3-6,11-12H,2,7-8,13-14H2,1H3. The normalized spacial score (nSPS) is 27.1. The molecule has 0 aromatic heterocycles. The van der Waals surface area contributed by atoms with Gasteiger partial charge in [0, 0.05) is 24.3 Å². The summed E-state index contributed by atoms with van der Waals surface area (Å²) in [6, 6.07) is 8.72. The lowest BCUT2D eigenvalue weighted by atomic mass is 10.0. The quantitative estimate of drug-likeness (QED) is 0.717. The van der Waals surface area contributed by atoms with Crippen molar-refractivity contribution in [1.82, 2.24) is 4.90 Å². The van der Waals surface area contributed by atoms with E-state index in [0.717, 1.165) is 25.2 Å². The van der Waals surface area contributed by atoms with Gasteiger partial charge in [0.15, 0.2) is 0 Å². The molecule has 2 unspecified atom stereocenters. The van der Waals surface area contributed by atoms with E-state index in [9.17, 15) is 0 Å². The Morgan fingerprint density at radius 2 is 2.00 bits per heavy atom. The summed E-state index contributed by atoms with van der Waals surface area (Å²) >= 11 is 0. The summed E-state index contributed by atoms with van der Waals surface area (Å²) in [5.41, 5.74) is 13.9. The molecule has 1 heterocycles. The molecular formula is C12H19N3. The van der Waals surface area contributed by atoms with Gasteiger partial charge < -0.3 is 11.5 Å². The number of hydrogen-bond acceptors (Lipinski definition) is 3. The van der Waals surface area contributed by atoms with Gasteiger partial charge in [0.2, 0.25) is 0 Å². The molecule has 2 rings (SSSR count). The largest absolute Gasteiger partial charge is 0.399 e. The molecule has 0 amide bonds. The van der Waals surface area contributed by atoms with E-state index < -0.39 is 0 Å². The highest BCUT2D eigenvalue weighted by atomic mass is 15.2. The Balaban J connectivity index is 2.24. The van der Waals surface area contributed by atoms with Gasteiger partial charge in [-0.05, 0) is 30.7 Å². The monoisotopic (exact) mass is 205 g/mol. The van der Waals surface area contributed by atoms with Gasteiger partial charge in [-0.25, -0.2) is 0 Å². The van der Waals surface area contributed by atoms with Crippen LogP contribution in [0.2, 0.25) is 0 Å². The number of likely N-dealkylation sites (N-methyl/N-ethyl adjacent to an activating group) is 1. The van der Waals surface area contributed by atoms with E-state index in [1.165, 1.54) is 5.56 Å². The molecule has 3 heteroatoms. The number of nitrogens with zero attached hydrogens (tertiary/aromatic N) is 1. The van der Waals surface area contributed by atoms with E-state index in [4.69, 9.17) is 11.5 Å². The zero-order valence-electron chi connectivity index (χ0n) is 9.19. The predicted octanol–water partition coefficient (Wildman–Crippen LogP) is 1.36. The number of likely N-dealkylation sites (tertiary alicyclic amines) is 1. The van der Waals surface area contributed by atoms with Crippen molar-refractivity contribution in [2.75, 3.05) is 18.8 Å². The molecule has 0 radical (unpaired) electrons. The van der Waals surface area contributed by atoms with Crippen molar-refractivity contribution >= 4 is 5.69 Å². The predicted molar refractivity (Wildman–Crippen MR) is 63.4 cm³/mol. The van der Waals surface area contributed by atoms with Gasteiger partial charge in [-0.15, -0.1) is 0 Å². The highest BCUT2D eigenvalue weighted by Gasteiger charge is 2.31. The van der Waals surface area contributed by atoms with Crippen molar-refractivity contribution < 1.29 is 0 Å². The van der Waals surface area contributed by atoms with Crippen LogP contribution in [-0.2, 0) is 0 Å². The van der Waals surface area contributed by atoms with Crippen LogP contribution in [0, 0.1) is 0 Å². The summed E-state index contributed by atoms with van der Waals surface area (Å²) in [7, 11) is 0. The molecule has 1 aromatic rings. The Bertz CT molecular complexity index is 320. The molecule has 1 saturated heterocycles. The van der Waals surface area contributed by atoms with Crippen molar-refractivity contribution in [2.45, 2.75) is 25.4 Å². The molecular weight excluding hydrogens is 186 g/mol. The summed E-state index contributed by atoms with van der Waals surface area (Å²) in [6.07, 6.45) is 1.09. The minimum atomic E-state index is 0.258. The van der Waals surface area contributed by atoms with Gasteiger partial charge in [0.25, 0.3) is 0 Å². The van der Waals surface area contributed by atoms with E-state index in [2.05, 4.69) is 24.0 Å². The average molecular weight is 205 g/mol. The Hall–Kier alpha value is -1.06. The van der Waals surface area contributed by atoms with Gasteiger partial charge in [0.1, 0.15) is 0 Å². The second-order valence-electron chi connectivity index (χ2n) is 4.19. The molecule has 15 heavy (non-hydrogen) atoms. The summed E-state index contributed by atoms with van der Waals surface area (Å²) < 4.78 is 0. The molecule has 0 bridgehead atoms. The van der Waals surface area contributed by atoms with Gasteiger partial charge in [0.05, 0.1) is 0 Å². The lowest BCUT2D eigenvalue weighted by Crippen LogP contribution is -2.31. The third-order valence-electron chi connectivity index (χ3n) is 3.23. The van der Waals surface area contributed by atoms with Gasteiger partial charge in [-0.1, -0.05) is 19.1 Å². The highest BCUT2D eigenvalue weighted by Crippen LogP contribution is 2.30. The van der Waals surface area contributed by atoms with Gasteiger partial charge in [-0.2, -0.15) is 0 Å². The van der Waals surface area contributed by atoms with Gasteiger partial charge >= 0.3 is 0 Å². The van der Waals surface area contributed by atoms with Crippen LogP contribution < -0.4 is 11.5 Å². The van der Waals surface area contributed by atoms with Crippen molar-refractivity contribution in [3.63, 3.8) is 0 Å². The van der Waals surface area contributed by atoms with E-state index in [-0.39, 0.29) is 6.04 Å². The maximum Gasteiger partial charge on any atom is 0.0499 e. The lowest BCUT2D eigenvalue weighted by molar-refractivity contribution is 0.261. The van der Waals surface area contributed by atoms with Crippen LogP contribution >= 0.6 is 0 Å². The minimum Gasteiger partial charge on any atom is -0.399 e. The number of hydrogen-bond donors (Lipinski definition) is 2. The molecule has 1 fully saturated rings. The van der Waals surface area contributed by atoms with Crippen molar-refractivity contribution in [1.29, 1.82) is 0 Å².